The van der Waals surface area contributed by atoms with Crippen molar-refractivity contribution in [2.75, 3.05) is 6.54 Å². The van der Waals surface area contributed by atoms with E-state index in [1.54, 1.807) is 38.1 Å². The van der Waals surface area contributed by atoms with E-state index in [1.807, 2.05) is 0 Å². The van der Waals surface area contributed by atoms with Gasteiger partial charge in [0, 0.05) is 13.0 Å². The van der Waals surface area contributed by atoms with Gasteiger partial charge in [-0.15, -0.1) is 0 Å². The highest BCUT2D eigenvalue weighted by atomic mass is 16.4. The second-order valence-electron chi connectivity index (χ2n) is 10.2. The summed E-state index contributed by atoms with van der Waals surface area (Å²) >= 11 is 0. The molecule has 0 bridgehead atoms. The van der Waals surface area contributed by atoms with Gasteiger partial charge in [-0.25, -0.2) is 4.79 Å². The quantitative estimate of drug-likeness (QED) is 0.243. The normalized spacial score (nSPS) is 17.3. The predicted molar refractivity (Wildman–Crippen MR) is 143 cm³/mol. The smallest absolute Gasteiger partial charge is 0.326 e. The number of carbonyl (C=O) groups excluding carboxylic acids is 3. The lowest BCUT2D eigenvalue weighted by Gasteiger charge is -2.29. The highest BCUT2D eigenvalue weighted by Crippen LogP contribution is 2.20. The molecule has 1 aliphatic heterocycles. The molecule has 39 heavy (non-hydrogen) atoms. The van der Waals surface area contributed by atoms with Gasteiger partial charge in [0.25, 0.3) is 0 Å². The average Bonchev–Trinajstić information content (AvgIpc) is 3.38. The van der Waals surface area contributed by atoms with Gasteiger partial charge in [-0.2, -0.15) is 0 Å². The monoisotopic (exact) mass is 540 g/mol. The van der Waals surface area contributed by atoms with Crippen LogP contribution in [0.1, 0.15) is 37.8 Å². The van der Waals surface area contributed by atoms with Crippen LogP contribution in [-0.4, -0.2) is 74.6 Å². The summed E-state index contributed by atoms with van der Waals surface area (Å²) in [6.45, 7) is 3.66. The summed E-state index contributed by atoms with van der Waals surface area (Å²) in [4.78, 5) is 52.8. The number of aromatic hydroxyl groups is 2. The maximum absolute atomic E-state index is 13.4. The summed E-state index contributed by atoms with van der Waals surface area (Å²) in [6.07, 6.45) is 1.24. The zero-order chi connectivity index (χ0) is 28.7. The van der Waals surface area contributed by atoms with Gasteiger partial charge < -0.3 is 36.6 Å². The number of rotatable bonds is 11. The van der Waals surface area contributed by atoms with Crippen molar-refractivity contribution in [3.8, 4) is 11.5 Å². The zero-order valence-electron chi connectivity index (χ0n) is 22.0. The fraction of sp³-hybridized carbons (Fsp3) is 0.429. The molecule has 1 fully saturated rings. The summed E-state index contributed by atoms with van der Waals surface area (Å²) in [5.74, 6) is -3.05. The fourth-order valence-electron chi connectivity index (χ4n) is 4.60. The van der Waals surface area contributed by atoms with Crippen molar-refractivity contribution in [2.45, 2.75) is 63.7 Å². The van der Waals surface area contributed by atoms with Gasteiger partial charge in [-0.1, -0.05) is 38.1 Å². The van der Waals surface area contributed by atoms with E-state index in [9.17, 15) is 34.5 Å². The molecule has 3 amide bonds. The molecule has 0 radical (unpaired) electrons. The van der Waals surface area contributed by atoms with Gasteiger partial charge in [-0.3, -0.25) is 14.4 Å². The number of likely N-dealkylation sites (tertiary alicyclic amines) is 1. The summed E-state index contributed by atoms with van der Waals surface area (Å²) < 4.78 is 0. The molecule has 4 atom stereocenters. The number of nitrogens with one attached hydrogen (secondary N) is 2. The van der Waals surface area contributed by atoms with E-state index in [2.05, 4.69) is 10.6 Å². The van der Waals surface area contributed by atoms with Crippen LogP contribution in [0.2, 0.25) is 0 Å². The average molecular weight is 541 g/mol. The maximum Gasteiger partial charge on any atom is 0.326 e. The van der Waals surface area contributed by atoms with E-state index in [-0.39, 0.29) is 24.3 Å². The van der Waals surface area contributed by atoms with Crippen LogP contribution in [0, 0.1) is 5.92 Å². The molecule has 0 saturated carbocycles. The Balaban J connectivity index is 1.74. The number of nitrogens with zero attached hydrogens (tertiary/aromatic N) is 1. The van der Waals surface area contributed by atoms with Gasteiger partial charge in [0.15, 0.2) is 0 Å². The second-order valence-corrected chi connectivity index (χ2v) is 10.2. The topological polar surface area (TPSA) is 182 Å². The van der Waals surface area contributed by atoms with Crippen molar-refractivity contribution < 1.29 is 34.5 Å². The van der Waals surface area contributed by atoms with E-state index in [0.29, 0.717) is 24.9 Å². The zero-order valence-corrected chi connectivity index (χ0v) is 22.0. The van der Waals surface area contributed by atoms with Crippen LogP contribution in [0.25, 0.3) is 0 Å². The number of phenolic OH excluding ortho intramolecular Hbond substituents is 2. The van der Waals surface area contributed by atoms with E-state index in [1.165, 1.54) is 29.2 Å². The molecule has 0 aromatic heterocycles. The van der Waals surface area contributed by atoms with Crippen molar-refractivity contribution in [3.63, 3.8) is 0 Å². The lowest BCUT2D eigenvalue weighted by molar-refractivity contribution is -0.144. The largest absolute Gasteiger partial charge is 0.508 e. The van der Waals surface area contributed by atoms with Gasteiger partial charge in [-0.05, 0) is 60.6 Å². The molecule has 1 saturated heterocycles. The minimum atomic E-state index is -1.19. The first kappa shape index (κ1) is 29.4. The number of amides is 3. The summed E-state index contributed by atoms with van der Waals surface area (Å²) in [5, 5.41) is 33.8. The number of nitrogens with two attached hydrogens (primary N) is 1. The standard InChI is InChI=1S/C28H36N4O7/c1-16(2)24(28(38)39)31-25(35)22(15-18-7-11-20(34)12-8-18)30-26(36)23-4-3-13-32(23)27(37)21(29)14-17-5-9-19(33)10-6-17/h5-12,16,21-24,33-34H,3-4,13-15,29H2,1-2H3,(H,30,36)(H,31,35)(H,38,39). The van der Waals surface area contributed by atoms with Crippen LogP contribution in [0.15, 0.2) is 48.5 Å². The number of carboxylic acids is 1. The Labute approximate surface area is 227 Å². The number of hydrogen-bond donors (Lipinski definition) is 6. The molecule has 210 valence electrons. The van der Waals surface area contributed by atoms with Gasteiger partial charge in [0.2, 0.25) is 17.7 Å². The molecule has 7 N–H and O–H groups in total. The number of carbonyl (C=O) groups is 4. The third-order valence-electron chi connectivity index (χ3n) is 6.79. The fourth-order valence-corrected chi connectivity index (χ4v) is 4.60. The van der Waals surface area contributed by atoms with Crippen molar-refractivity contribution in [1.82, 2.24) is 15.5 Å². The Hall–Kier alpha value is -4.12. The molecule has 1 heterocycles. The van der Waals surface area contributed by atoms with Gasteiger partial charge in [0.05, 0.1) is 6.04 Å². The molecular weight excluding hydrogens is 504 g/mol. The van der Waals surface area contributed by atoms with E-state index < -0.39 is 53.8 Å². The number of hydrogen-bond acceptors (Lipinski definition) is 7. The Bertz CT molecular complexity index is 1170. The van der Waals surface area contributed by atoms with E-state index >= 15 is 0 Å². The SMILES string of the molecule is CC(C)C(NC(=O)C(Cc1ccc(O)cc1)NC(=O)C1CCCN1C(=O)C(N)Cc1ccc(O)cc1)C(=O)O. The van der Waals surface area contributed by atoms with Crippen LogP contribution in [0.5, 0.6) is 11.5 Å². The third-order valence-corrected chi connectivity index (χ3v) is 6.79. The Morgan fingerprint density at radius 1 is 0.923 bits per heavy atom. The van der Waals surface area contributed by atoms with Crippen LogP contribution >= 0.6 is 0 Å². The second kappa shape index (κ2) is 13.1. The molecule has 3 rings (SSSR count). The molecule has 2 aromatic rings. The highest BCUT2D eigenvalue weighted by molar-refractivity contribution is 5.94. The van der Waals surface area contributed by atoms with Crippen LogP contribution in [0.4, 0.5) is 0 Å². The summed E-state index contributed by atoms with van der Waals surface area (Å²) in [6, 6.07) is 8.46. The lowest BCUT2D eigenvalue weighted by Crippen LogP contribution is -2.57. The number of phenols is 2. The first-order valence-electron chi connectivity index (χ1n) is 12.9. The number of benzene rings is 2. The van der Waals surface area contributed by atoms with Crippen LogP contribution in [-0.2, 0) is 32.0 Å². The molecule has 2 aromatic carbocycles. The third kappa shape index (κ3) is 7.93. The van der Waals surface area contributed by atoms with Crippen molar-refractivity contribution >= 4 is 23.7 Å². The van der Waals surface area contributed by atoms with Gasteiger partial charge in [0.1, 0.15) is 29.6 Å². The predicted octanol–water partition coefficient (Wildman–Crippen LogP) is 0.912. The van der Waals surface area contributed by atoms with Crippen LogP contribution in [0.3, 0.4) is 0 Å². The van der Waals surface area contributed by atoms with Crippen molar-refractivity contribution in [1.29, 1.82) is 0 Å². The highest BCUT2D eigenvalue weighted by Gasteiger charge is 2.38. The first-order chi connectivity index (χ1) is 18.5. The summed E-state index contributed by atoms with van der Waals surface area (Å²) in [7, 11) is 0. The minimum Gasteiger partial charge on any atom is -0.508 e. The number of carboxylic acid groups (broad SMARTS) is 1. The molecule has 0 aliphatic carbocycles. The minimum absolute atomic E-state index is 0.0401. The molecule has 4 unspecified atom stereocenters. The van der Waals surface area contributed by atoms with Crippen molar-refractivity contribution in [3.05, 3.63) is 59.7 Å². The Morgan fingerprint density at radius 2 is 1.46 bits per heavy atom. The number of aliphatic carboxylic acids is 1. The molecule has 0 spiro atoms. The first-order valence-corrected chi connectivity index (χ1v) is 12.9. The van der Waals surface area contributed by atoms with Gasteiger partial charge >= 0.3 is 5.97 Å². The maximum atomic E-state index is 13.4. The van der Waals surface area contributed by atoms with E-state index in [0.717, 1.165) is 5.56 Å². The lowest BCUT2D eigenvalue weighted by atomic mass is 10.0. The molecule has 1 aliphatic rings. The summed E-state index contributed by atoms with van der Waals surface area (Å²) in [5.41, 5.74) is 7.58. The molecule has 11 nitrogen and oxygen atoms in total. The molecule has 11 heteroatoms. The Kier molecular flexibility index (Phi) is 9.89. The van der Waals surface area contributed by atoms with E-state index in [4.69, 9.17) is 5.73 Å². The van der Waals surface area contributed by atoms with Crippen molar-refractivity contribution in [2.24, 2.45) is 11.7 Å². The van der Waals surface area contributed by atoms with Crippen LogP contribution < -0.4 is 16.4 Å². The molecular formula is C28H36N4O7. The Morgan fingerprint density at radius 3 is 1.97 bits per heavy atom.